The molecule has 1 amide bonds. The molecule has 0 bridgehead atoms. The van der Waals surface area contributed by atoms with Crippen LogP contribution in [0.5, 0.6) is 0 Å². The predicted octanol–water partition coefficient (Wildman–Crippen LogP) is 5.39. The Morgan fingerprint density at radius 3 is 2.79 bits per heavy atom. The molecule has 3 aromatic rings. The molecule has 0 aliphatic carbocycles. The maximum atomic E-state index is 13.3. The minimum Gasteiger partial charge on any atom is -0.330 e. The maximum Gasteiger partial charge on any atom is 0.223 e. The van der Waals surface area contributed by atoms with E-state index in [1.165, 1.54) is 26.6 Å². The summed E-state index contributed by atoms with van der Waals surface area (Å²) in [5, 5.41) is 8.98. The van der Waals surface area contributed by atoms with Crippen LogP contribution in [0.4, 0.5) is 0 Å². The Balaban J connectivity index is 1.52. The van der Waals surface area contributed by atoms with Crippen molar-refractivity contribution in [3.63, 3.8) is 0 Å². The molecule has 0 N–H and O–H groups in total. The molecule has 0 spiro atoms. The number of carbonyl (C=O) groups excluding carboxylic acids is 1. The molecule has 154 valence electrons. The second-order valence-corrected chi connectivity index (χ2v) is 10.3. The van der Waals surface area contributed by atoms with Gasteiger partial charge >= 0.3 is 0 Å². The van der Waals surface area contributed by atoms with Crippen molar-refractivity contribution >= 4 is 28.6 Å². The molecule has 0 saturated heterocycles. The van der Waals surface area contributed by atoms with E-state index in [0.717, 1.165) is 31.6 Å². The zero-order valence-electron chi connectivity index (χ0n) is 17.6. The van der Waals surface area contributed by atoms with Gasteiger partial charge in [0.25, 0.3) is 0 Å². The van der Waals surface area contributed by atoms with E-state index in [0.29, 0.717) is 12.3 Å². The molecule has 4 heterocycles. The SMILES string of the molecule is Cc1nn(CC(C)C)c(C)c1CCC(=O)N1CCc2sccc2[C@@H]1c1cccs1. The van der Waals surface area contributed by atoms with Gasteiger partial charge in [0.05, 0.1) is 11.7 Å². The molecule has 0 unspecified atom stereocenters. The molecule has 0 saturated carbocycles. The molecule has 0 aromatic carbocycles. The Morgan fingerprint density at radius 1 is 1.24 bits per heavy atom. The molecule has 1 aliphatic rings. The first-order chi connectivity index (χ1) is 14.0. The van der Waals surface area contributed by atoms with Crippen molar-refractivity contribution in [3.05, 3.63) is 61.2 Å². The van der Waals surface area contributed by atoms with E-state index in [-0.39, 0.29) is 11.9 Å². The van der Waals surface area contributed by atoms with Gasteiger partial charge in [-0.05, 0) is 66.6 Å². The van der Waals surface area contributed by atoms with Crippen LogP contribution in [0.3, 0.4) is 0 Å². The van der Waals surface area contributed by atoms with Crippen LogP contribution in [0.1, 0.15) is 58.6 Å². The second kappa shape index (κ2) is 8.44. The molecule has 4 rings (SSSR count). The Labute approximate surface area is 181 Å². The third kappa shape index (κ3) is 4.05. The van der Waals surface area contributed by atoms with E-state index in [9.17, 15) is 4.79 Å². The monoisotopic (exact) mass is 427 g/mol. The number of fused-ring (bicyclic) bond motifs is 1. The fraction of sp³-hybridized carbons (Fsp3) is 0.478. The van der Waals surface area contributed by atoms with E-state index in [1.54, 1.807) is 11.3 Å². The Kier molecular flexibility index (Phi) is 5.93. The van der Waals surface area contributed by atoms with E-state index in [1.807, 2.05) is 11.3 Å². The van der Waals surface area contributed by atoms with Gasteiger partial charge in [-0.15, -0.1) is 22.7 Å². The lowest BCUT2D eigenvalue weighted by molar-refractivity contribution is -0.133. The first-order valence-electron chi connectivity index (χ1n) is 10.4. The summed E-state index contributed by atoms with van der Waals surface area (Å²) in [6.07, 6.45) is 2.26. The number of aryl methyl sites for hydroxylation is 1. The highest BCUT2D eigenvalue weighted by Crippen LogP contribution is 2.39. The fourth-order valence-electron chi connectivity index (χ4n) is 4.33. The molecular weight excluding hydrogens is 398 g/mol. The standard InChI is InChI=1S/C23H29N3OS2/c1-15(2)14-26-17(4)18(16(3)24-26)7-8-22(27)25-11-9-20-19(10-13-29-20)23(25)21-6-5-12-28-21/h5-6,10,12-13,15,23H,7-9,11,14H2,1-4H3/t23-/m1/s1. The van der Waals surface area contributed by atoms with Gasteiger partial charge in [0.15, 0.2) is 0 Å². The third-order valence-electron chi connectivity index (χ3n) is 5.76. The quantitative estimate of drug-likeness (QED) is 0.529. The largest absolute Gasteiger partial charge is 0.330 e. The lowest BCUT2D eigenvalue weighted by Gasteiger charge is -2.35. The van der Waals surface area contributed by atoms with Crippen molar-refractivity contribution in [2.24, 2.45) is 5.92 Å². The summed E-state index contributed by atoms with van der Waals surface area (Å²) in [4.78, 5) is 18.1. The first kappa shape index (κ1) is 20.4. The topological polar surface area (TPSA) is 38.1 Å². The third-order valence-corrected chi connectivity index (χ3v) is 7.68. The minimum absolute atomic E-state index is 0.0726. The zero-order chi connectivity index (χ0) is 20.5. The van der Waals surface area contributed by atoms with Gasteiger partial charge < -0.3 is 4.90 Å². The van der Waals surface area contributed by atoms with Crippen molar-refractivity contribution in [1.29, 1.82) is 0 Å². The van der Waals surface area contributed by atoms with Crippen molar-refractivity contribution in [2.75, 3.05) is 6.54 Å². The van der Waals surface area contributed by atoms with Crippen LogP contribution in [-0.2, 0) is 24.2 Å². The Morgan fingerprint density at radius 2 is 2.07 bits per heavy atom. The number of carbonyl (C=O) groups is 1. The number of aromatic nitrogens is 2. The lowest BCUT2D eigenvalue weighted by Crippen LogP contribution is -2.39. The van der Waals surface area contributed by atoms with Gasteiger partial charge in [-0.25, -0.2) is 0 Å². The highest BCUT2D eigenvalue weighted by molar-refractivity contribution is 7.10. The molecule has 0 radical (unpaired) electrons. The average molecular weight is 428 g/mol. The highest BCUT2D eigenvalue weighted by Gasteiger charge is 2.33. The Hall–Kier alpha value is -1.92. The number of thiophene rings is 2. The van der Waals surface area contributed by atoms with Crippen LogP contribution in [0.25, 0.3) is 0 Å². The smallest absolute Gasteiger partial charge is 0.223 e. The summed E-state index contributed by atoms with van der Waals surface area (Å²) in [6, 6.07) is 6.52. The molecular formula is C23H29N3OS2. The van der Waals surface area contributed by atoms with Gasteiger partial charge in [-0.2, -0.15) is 5.10 Å². The van der Waals surface area contributed by atoms with E-state index >= 15 is 0 Å². The highest BCUT2D eigenvalue weighted by atomic mass is 32.1. The summed E-state index contributed by atoms with van der Waals surface area (Å²) in [6.45, 7) is 10.3. The summed E-state index contributed by atoms with van der Waals surface area (Å²) in [7, 11) is 0. The van der Waals surface area contributed by atoms with Gasteiger partial charge in [0, 0.05) is 35.0 Å². The molecule has 29 heavy (non-hydrogen) atoms. The van der Waals surface area contributed by atoms with E-state index < -0.39 is 0 Å². The van der Waals surface area contributed by atoms with Gasteiger partial charge in [-0.1, -0.05) is 19.9 Å². The van der Waals surface area contributed by atoms with Crippen LogP contribution in [0.15, 0.2) is 29.0 Å². The average Bonchev–Trinajstić information content (AvgIpc) is 3.41. The van der Waals surface area contributed by atoms with Crippen LogP contribution >= 0.6 is 22.7 Å². The molecule has 6 heteroatoms. The van der Waals surface area contributed by atoms with Crippen molar-refractivity contribution in [3.8, 4) is 0 Å². The Bertz CT molecular complexity index is 984. The second-order valence-electron chi connectivity index (χ2n) is 8.28. The van der Waals surface area contributed by atoms with E-state index in [2.05, 4.69) is 66.2 Å². The zero-order valence-corrected chi connectivity index (χ0v) is 19.3. The van der Waals surface area contributed by atoms with Crippen molar-refractivity contribution in [1.82, 2.24) is 14.7 Å². The van der Waals surface area contributed by atoms with Crippen LogP contribution in [-0.4, -0.2) is 27.1 Å². The van der Waals surface area contributed by atoms with Crippen molar-refractivity contribution in [2.45, 2.75) is 59.5 Å². The molecule has 1 aliphatic heterocycles. The number of hydrogen-bond donors (Lipinski definition) is 0. The van der Waals surface area contributed by atoms with Gasteiger partial charge in [0.1, 0.15) is 0 Å². The van der Waals surface area contributed by atoms with Crippen LogP contribution in [0, 0.1) is 19.8 Å². The maximum absolute atomic E-state index is 13.3. The van der Waals surface area contributed by atoms with E-state index in [4.69, 9.17) is 5.10 Å². The summed E-state index contributed by atoms with van der Waals surface area (Å²) >= 11 is 3.56. The molecule has 1 atom stereocenters. The van der Waals surface area contributed by atoms with Crippen LogP contribution < -0.4 is 0 Å². The predicted molar refractivity (Wildman–Crippen MR) is 121 cm³/mol. The van der Waals surface area contributed by atoms with Crippen LogP contribution in [0.2, 0.25) is 0 Å². The molecule has 4 nitrogen and oxygen atoms in total. The first-order valence-corrected chi connectivity index (χ1v) is 12.1. The summed E-state index contributed by atoms with van der Waals surface area (Å²) < 4.78 is 2.10. The fourth-order valence-corrected chi connectivity index (χ4v) is 6.09. The summed E-state index contributed by atoms with van der Waals surface area (Å²) in [5.74, 6) is 0.804. The number of rotatable bonds is 6. The molecule has 3 aromatic heterocycles. The number of amides is 1. The lowest BCUT2D eigenvalue weighted by atomic mass is 9.97. The summed E-state index contributed by atoms with van der Waals surface area (Å²) in [5.41, 5.74) is 4.82. The van der Waals surface area contributed by atoms with Crippen molar-refractivity contribution < 1.29 is 4.79 Å². The minimum atomic E-state index is 0.0726. The molecule has 0 fully saturated rings. The number of nitrogens with zero attached hydrogens (tertiary/aromatic N) is 3. The van der Waals surface area contributed by atoms with Gasteiger partial charge in [0.2, 0.25) is 5.91 Å². The normalized spacial score (nSPS) is 16.4. The van der Waals surface area contributed by atoms with Gasteiger partial charge in [-0.3, -0.25) is 9.48 Å². The number of hydrogen-bond acceptors (Lipinski definition) is 4.